The van der Waals surface area contributed by atoms with Crippen LogP contribution in [0.2, 0.25) is 0 Å². The van der Waals surface area contributed by atoms with Gasteiger partial charge in [-0.25, -0.2) is 0 Å². The Morgan fingerprint density at radius 2 is 1.64 bits per heavy atom. The second-order valence-corrected chi connectivity index (χ2v) is 5.57. The van der Waals surface area contributed by atoms with E-state index in [-0.39, 0.29) is 0 Å². The minimum atomic E-state index is -2.97. The van der Waals surface area contributed by atoms with Crippen molar-refractivity contribution < 1.29 is 17.7 Å². The largest absolute Gasteiger partial charge is 0.749 e. The van der Waals surface area contributed by atoms with E-state index in [0.29, 0.717) is 5.05 Å². The third-order valence-electron chi connectivity index (χ3n) is 1.72. The molecule has 0 spiro atoms. The summed E-state index contributed by atoms with van der Waals surface area (Å²) in [6, 6.07) is 0. The normalized spacial score (nSPS) is 11.4. The van der Waals surface area contributed by atoms with Gasteiger partial charge in [-0.1, -0.05) is 13.3 Å². The summed E-state index contributed by atoms with van der Waals surface area (Å²) in [4.78, 5) is 0. The first-order valence-electron chi connectivity index (χ1n) is 4.51. The van der Waals surface area contributed by atoms with E-state index < -0.39 is 9.05 Å². The molecule has 0 unspecified atom stereocenters. The van der Waals surface area contributed by atoms with Gasteiger partial charge in [0.15, 0.2) is 5.05 Å². The molecule has 6 heteroatoms. The van der Waals surface area contributed by atoms with Crippen LogP contribution in [0.1, 0.15) is 26.2 Å². The number of hydrogen-bond donors (Lipinski definition) is 0. The second kappa shape index (κ2) is 7.30. The molecule has 0 aliphatic rings. The lowest BCUT2D eigenvalue weighted by Gasteiger charge is -2.23. The van der Waals surface area contributed by atoms with Crippen molar-refractivity contribution in [2.75, 3.05) is 21.3 Å². The molecule has 0 aromatic heterocycles. The number of hydrogen-bond acceptors (Lipinski definition) is 5. The zero-order valence-corrected chi connectivity index (χ0v) is 11.0. The van der Waals surface area contributed by atoms with Crippen LogP contribution >= 0.6 is 12.2 Å². The van der Waals surface area contributed by atoms with Gasteiger partial charge >= 0.3 is 9.05 Å². The molecule has 0 atom stereocenters. The van der Waals surface area contributed by atoms with Gasteiger partial charge in [0, 0.05) is 27.8 Å². The van der Waals surface area contributed by atoms with Crippen LogP contribution in [0.15, 0.2) is 0 Å². The van der Waals surface area contributed by atoms with Crippen LogP contribution in [0.5, 0.6) is 0 Å². The minimum absolute atomic E-state index is 0.490. The van der Waals surface area contributed by atoms with E-state index in [9.17, 15) is 0 Å². The van der Waals surface area contributed by atoms with E-state index in [1.54, 1.807) is 0 Å². The van der Waals surface area contributed by atoms with E-state index in [2.05, 4.69) is 6.92 Å². The molecular weight excluding hydrogens is 220 g/mol. The lowest BCUT2D eigenvalue weighted by Crippen LogP contribution is -2.47. The number of thiocarbonyl (C=S) groups is 1. The first kappa shape index (κ1) is 14.0. The maximum absolute atomic E-state index is 5.39. The van der Waals surface area contributed by atoms with Gasteiger partial charge in [-0.15, -0.1) is 0 Å². The SMILES string of the molecule is CCCCC(=S)O[Si](OC)(OC)OC. The van der Waals surface area contributed by atoms with Crippen LogP contribution in [0.4, 0.5) is 0 Å². The fraction of sp³-hybridized carbons (Fsp3) is 0.875. The quantitative estimate of drug-likeness (QED) is 0.500. The van der Waals surface area contributed by atoms with Gasteiger partial charge in [0.1, 0.15) is 0 Å². The molecule has 0 radical (unpaired) electrons. The molecule has 0 aliphatic carbocycles. The Kier molecular flexibility index (Phi) is 7.29. The summed E-state index contributed by atoms with van der Waals surface area (Å²) < 4.78 is 20.6. The van der Waals surface area contributed by atoms with E-state index >= 15 is 0 Å². The highest BCUT2D eigenvalue weighted by atomic mass is 32.1. The van der Waals surface area contributed by atoms with Gasteiger partial charge in [0.2, 0.25) is 0 Å². The summed E-state index contributed by atoms with van der Waals surface area (Å²) in [7, 11) is 1.49. The average Bonchev–Trinajstić information content (AvgIpc) is 2.23. The van der Waals surface area contributed by atoms with Crippen molar-refractivity contribution in [1.29, 1.82) is 0 Å². The molecule has 14 heavy (non-hydrogen) atoms. The van der Waals surface area contributed by atoms with E-state index in [4.69, 9.17) is 29.9 Å². The fourth-order valence-corrected chi connectivity index (χ4v) is 2.47. The lowest BCUT2D eigenvalue weighted by atomic mass is 10.3. The Hall–Kier alpha value is -0.0131. The Morgan fingerprint density at radius 1 is 1.14 bits per heavy atom. The first-order valence-corrected chi connectivity index (χ1v) is 6.55. The molecule has 4 nitrogen and oxygen atoms in total. The Balaban J connectivity index is 4.08. The maximum Gasteiger partial charge on any atom is 0.749 e. The van der Waals surface area contributed by atoms with Crippen LogP contribution in [0.25, 0.3) is 0 Å². The average molecular weight is 238 g/mol. The molecule has 0 aliphatic heterocycles. The van der Waals surface area contributed by atoms with Crippen molar-refractivity contribution >= 4 is 26.3 Å². The van der Waals surface area contributed by atoms with Crippen molar-refractivity contribution in [2.24, 2.45) is 0 Å². The highest BCUT2D eigenvalue weighted by Gasteiger charge is 2.45. The molecule has 0 bridgehead atoms. The van der Waals surface area contributed by atoms with Gasteiger partial charge in [0.25, 0.3) is 0 Å². The van der Waals surface area contributed by atoms with Crippen LogP contribution < -0.4 is 0 Å². The number of unbranched alkanes of at least 4 members (excludes halogenated alkanes) is 1. The molecule has 0 rings (SSSR count). The summed E-state index contributed by atoms with van der Waals surface area (Å²) in [6.45, 7) is 2.09. The van der Waals surface area contributed by atoms with Crippen molar-refractivity contribution in [1.82, 2.24) is 0 Å². The predicted molar refractivity (Wildman–Crippen MR) is 60.0 cm³/mol. The summed E-state index contributed by atoms with van der Waals surface area (Å²) in [5.41, 5.74) is 0. The zero-order valence-electron chi connectivity index (χ0n) is 9.16. The standard InChI is InChI=1S/C8H18O4SSi/c1-5-6-7-8(13)12-14(9-2,10-3)11-4/h5-7H2,1-4H3. The van der Waals surface area contributed by atoms with Gasteiger partial charge in [-0.3, -0.25) is 0 Å². The lowest BCUT2D eigenvalue weighted by molar-refractivity contribution is 0.0469. The van der Waals surface area contributed by atoms with Crippen molar-refractivity contribution in [3.8, 4) is 0 Å². The molecule has 0 aromatic rings. The van der Waals surface area contributed by atoms with Gasteiger partial charge < -0.3 is 17.7 Å². The molecule has 84 valence electrons. The zero-order chi connectivity index (χ0) is 11.0. The maximum atomic E-state index is 5.39. The highest BCUT2D eigenvalue weighted by Crippen LogP contribution is 2.11. The van der Waals surface area contributed by atoms with Gasteiger partial charge in [0.05, 0.1) is 0 Å². The smallest absolute Gasteiger partial charge is 0.474 e. The summed E-state index contributed by atoms with van der Waals surface area (Å²) in [5, 5.41) is 0.490. The van der Waals surface area contributed by atoms with Gasteiger partial charge in [-0.05, 0) is 18.6 Å². The topological polar surface area (TPSA) is 36.9 Å². The molecule has 0 heterocycles. The van der Waals surface area contributed by atoms with Crippen LogP contribution in [-0.2, 0) is 17.7 Å². The summed E-state index contributed by atoms with van der Waals surface area (Å²) in [6.07, 6.45) is 2.81. The van der Waals surface area contributed by atoms with Crippen molar-refractivity contribution in [3.05, 3.63) is 0 Å². The molecule has 0 saturated carbocycles. The summed E-state index contributed by atoms with van der Waals surface area (Å²) >= 11 is 5.04. The minimum Gasteiger partial charge on any atom is -0.474 e. The van der Waals surface area contributed by atoms with Crippen LogP contribution in [0.3, 0.4) is 0 Å². The monoisotopic (exact) mass is 238 g/mol. The fourth-order valence-electron chi connectivity index (χ4n) is 0.887. The Labute approximate surface area is 92.0 Å². The molecule has 0 fully saturated rings. The van der Waals surface area contributed by atoms with Crippen molar-refractivity contribution in [3.63, 3.8) is 0 Å². The highest BCUT2D eigenvalue weighted by molar-refractivity contribution is 7.80. The van der Waals surface area contributed by atoms with Crippen LogP contribution in [0, 0.1) is 0 Å². The molecular formula is C8H18O4SSi. The number of rotatable bonds is 7. The van der Waals surface area contributed by atoms with Crippen LogP contribution in [-0.4, -0.2) is 35.4 Å². The predicted octanol–water partition coefficient (Wildman–Crippen LogP) is 1.90. The molecule has 0 N–H and O–H groups in total. The molecule has 0 amide bonds. The van der Waals surface area contributed by atoms with E-state index in [1.807, 2.05) is 0 Å². The summed E-state index contributed by atoms with van der Waals surface area (Å²) in [5.74, 6) is 0. The van der Waals surface area contributed by atoms with E-state index in [0.717, 1.165) is 19.3 Å². The molecule has 0 saturated heterocycles. The Bertz CT molecular complexity index is 164. The van der Waals surface area contributed by atoms with Gasteiger partial charge in [-0.2, -0.15) is 0 Å². The van der Waals surface area contributed by atoms with Crippen molar-refractivity contribution in [2.45, 2.75) is 26.2 Å². The third kappa shape index (κ3) is 4.47. The second-order valence-electron chi connectivity index (χ2n) is 2.69. The first-order chi connectivity index (χ1) is 6.64. The molecule has 0 aromatic carbocycles. The third-order valence-corrected chi connectivity index (χ3v) is 4.16. The Morgan fingerprint density at radius 3 is 2.00 bits per heavy atom. The van der Waals surface area contributed by atoms with E-state index in [1.165, 1.54) is 21.3 Å².